The molecule has 5 nitrogen and oxygen atoms in total. The Bertz CT molecular complexity index is 1220. The molecule has 0 spiro atoms. The van der Waals surface area contributed by atoms with E-state index in [1.165, 1.54) is 6.42 Å². The van der Waals surface area contributed by atoms with E-state index < -0.39 is 5.54 Å². The summed E-state index contributed by atoms with van der Waals surface area (Å²) < 4.78 is 3.09. The second kappa shape index (κ2) is 8.48. The fraction of sp³-hybridized carbons (Fsp3) is 0.462. The van der Waals surface area contributed by atoms with E-state index in [1.54, 1.807) is 16.2 Å². The van der Waals surface area contributed by atoms with E-state index in [1.807, 2.05) is 53.3 Å². The SMILES string of the molecule is C[C@H]1[C@H](C)CCC[C@@H]1NC(=O)[C@@]1(C)Cn2c(cc3sccc32)C(=O)N1Cc1cccc(Cl)c1. The van der Waals surface area contributed by atoms with Crippen LogP contribution in [0, 0.1) is 11.8 Å². The van der Waals surface area contributed by atoms with E-state index >= 15 is 0 Å². The Labute approximate surface area is 203 Å². The van der Waals surface area contributed by atoms with Gasteiger partial charge in [-0.25, -0.2) is 0 Å². The molecule has 2 aliphatic rings. The van der Waals surface area contributed by atoms with Crippen LogP contribution in [0.1, 0.15) is 56.1 Å². The first-order chi connectivity index (χ1) is 15.8. The summed E-state index contributed by atoms with van der Waals surface area (Å²) in [7, 11) is 0. The van der Waals surface area contributed by atoms with Crippen LogP contribution in [0.25, 0.3) is 10.2 Å². The largest absolute Gasteiger partial charge is 0.351 e. The lowest BCUT2D eigenvalue weighted by Crippen LogP contribution is -2.65. The van der Waals surface area contributed by atoms with Crippen molar-refractivity contribution in [2.24, 2.45) is 11.8 Å². The second-order valence-electron chi connectivity index (χ2n) is 9.93. The van der Waals surface area contributed by atoms with Crippen LogP contribution in [0.3, 0.4) is 0 Å². The summed E-state index contributed by atoms with van der Waals surface area (Å²) >= 11 is 7.84. The van der Waals surface area contributed by atoms with Gasteiger partial charge in [-0.15, -0.1) is 11.3 Å². The molecule has 0 bridgehead atoms. The lowest BCUT2D eigenvalue weighted by atomic mass is 9.77. The van der Waals surface area contributed by atoms with Gasteiger partial charge in [-0.05, 0) is 60.4 Å². The average Bonchev–Trinajstić information content (AvgIpc) is 3.37. The molecule has 0 unspecified atom stereocenters. The first-order valence-electron chi connectivity index (χ1n) is 11.7. The molecule has 3 aromatic rings. The number of aromatic nitrogens is 1. The topological polar surface area (TPSA) is 54.3 Å². The molecule has 1 aromatic carbocycles. The molecule has 1 fully saturated rings. The summed E-state index contributed by atoms with van der Waals surface area (Å²) in [5.41, 5.74) is 1.56. The van der Waals surface area contributed by atoms with E-state index in [0.29, 0.717) is 35.6 Å². The number of halogens is 1. The number of amides is 2. The molecule has 0 radical (unpaired) electrons. The number of fused-ring (bicyclic) bond motifs is 3. The zero-order chi connectivity index (χ0) is 23.3. The number of rotatable bonds is 4. The predicted octanol–water partition coefficient (Wildman–Crippen LogP) is 5.71. The van der Waals surface area contributed by atoms with Crippen molar-refractivity contribution >= 4 is 45.0 Å². The summed E-state index contributed by atoms with van der Waals surface area (Å²) in [4.78, 5) is 29.5. The van der Waals surface area contributed by atoms with Gasteiger partial charge in [-0.1, -0.05) is 50.4 Å². The maximum Gasteiger partial charge on any atom is 0.271 e. The van der Waals surface area contributed by atoms with Crippen LogP contribution in [0.2, 0.25) is 5.02 Å². The lowest BCUT2D eigenvalue weighted by molar-refractivity contribution is -0.134. The van der Waals surface area contributed by atoms with Gasteiger partial charge in [0.25, 0.3) is 5.91 Å². The van der Waals surface area contributed by atoms with Crippen molar-refractivity contribution < 1.29 is 9.59 Å². The van der Waals surface area contributed by atoms with Gasteiger partial charge >= 0.3 is 0 Å². The Morgan fingerprint density at radius 1 is 1.24 bits per heavy atom. The molecule has 1 aliphatic heterocycles. The van der Waals surface area contributed by atoms with Gasteiger partial charge in [0.2, 0.25) is 5.91 Å². The molecule has 5 rings (SSSR count). The molecular weight excluding hydrogens is 454 g/mol. The maximum atomic E-state index is 13.9. The van der Waals surface area contributed by atoms with Crippen molar-refractivity contribution in [1.29, 1.82) is 0 Å². The monoisotopic (exact) mass is 483 g/mol. The van der Waals surface area contributed by atoms with E-state index in [9.17, 15) is 9.59 Å². The number of hydrogen-bond acceptors (Lipinski definition) is 3. The number of benzene rings is 1. The molecule has 2 amide bonds. The Kier molecular flexibility index (Phi) is 5.78. The van der Waals surface area contributed by atoms with Gasteiger partial charge in [-0.3, -0.25) is 9.59 Å². The lowest BCUT2D eigenvalue weighted by Gasteiger charge is -2.45. The number of thiophene rings is 1. The second-order valence-corrected chi connectivity index (χ2v) is 11.3. The number of nitrogens with one attached hydrogen (secondary N) is 1. The molecule has 7 heteroatoms. The smallest absolute Gasteiger partial charge is 0.271 e. The first kappa shape index (κ1) is 22.5. The third-order valence-corrected chi connectivity index (χ3v) is 8.88. The van der Waals surface area contributed by atoms with Gasteiger partial charge in [0.1, 0.15) is 11.2 Å². The van der Waals surface area contributed by atoms with Crippen LogP contribution < -0.4 is 5.32 Å². The summed E-state index contributed by atoms with van der Waals surface area (Å²) in [6, 6.07) is 11.6. The molecule has 2 aromatic heterocycles. The van der Waals surface area contributed by atoms with Crippen molar-refractivity contribution in [2.45, 2.75) is 64.7 Å². The number of nitrogens with zero attached hydrogens (tertiary/aromatic N) is 2. The molecule has 0 saturated heterocycles. The Hall–Kier alpha value is -2.31. The fourth-order valence-corrected chi connectivity index (χ4v) is 6.48. The molecule has 33 heavy (non-hydrogen) atoms. The van der Waals surface area contributed by atoms with Gasteiger partial charge in [0.15, 0.2) is 0 Å². The quantitative estimate of drug-likeness (QED) is 0.516. The maximum absolute atomic E-state index is 13.9. The van der Waals surface area contributed by atoms with Crippen molar-refractivity contribution in [1.82, 2.24) is 14.8 Å². The van der Waals surface area contributed by atoms with Crippen LogP contribution in [0.4, 0.5) is 0 Å². The normalized spacial score (nSPS) is 27.6. The highest BCUT2D eigenvalue weighted by Crippen LogP contribution is 2.36. The van der Waals surface area contributed by atoms with Gasteiger partial charge < -0.3 is 14.8 Å². The standard InChI is InChI=1S/C26H30ClN3O2S/c1-16-6-4-9-20(17(16)2)28-25(32)26(3)15-29-21-10-11-33-23(21)13-22(29)24(31)30(26)14-18-7-5-8-19(27)12-18/h5,7-8,10-13,16-17,20H,4,6,9,14-15H2,1-3H3,(H,28,32)/t16-,17+,20+,26-/m1/s1. The Morgan fingerprint density at radius 3 is 2.85 bits per heavy atom. The number of carbonyl (C=O) groups is 2. The predicted molar refractivity (Wildman–Crippen MR) is 134 cm³/mol. The molecule has 174 valence electrons. The third-order valence-electron chi connectivity index (χ3n) is 7.79. The molecule has 3 heterocycles. The van der Waals surface area contributed by atoms with Crippen LogP contribution in [-0.2, 0) is 17.9 Å². The molecular formula is C26H30ClN3O2S. The zero-order valence-corrected chi connectivity index (χ0v) is 20.9. The summed E-state index contributed by atoms with van der Waals surface area (Å²) in [5.74, 6) is 0.797. The minimum atomic E-state index is -1.01. The van der Waals surface area contributed by atoms with Crippen LogP contribution in [-0.4, -0.2) is 32.9 Å². The third kappa shape index (κ3) is 3.87. The number of hydrogen-bond donors (Lipinski definition) is 1. The number of carbonyl (C=O) groups excluding carboxylic acids is 2. The zero-order valence-electron chi connectivity index (χ0n) is 19.3. The van der Waals surface area contributed by atoms with E-state index in [4.69, 9.17) is 11.6 Å². The van der Waals surface area contributed by atoms with Crippen molar-refractivity contribution in [3.8, 4) is 0 Å². The van der Waals surface area contributed by atoms with Crippen molar-refractivity contribution in [3.05, 3.63) is 58.1 Å². The van der Waals surface area contributed by atoms with Crippen LogP contribution in [0.5, 0.6) is 0 Å². The minimum absolute atomic E-state index is 0.0773. The average molecular weight is 484 g/mol. The summed E-state index contributed by atoms with van der Waals surface area (Å²) in [6.07, 6.45) is 3.31. The van der Waals surface area contributed by atoms with Crippen LogP contribution >= 0.6 is 22.9 Å². The highest BCUT2D eigenvalue weighted by atomic mass is 35.5. The Balaban J connectivity index is 1.53. The minimum Gasteiger partial charge on any atom is -0.351 e. The molecule has 1 N–H and O–H groups in total. The van der Waals surface area contributed by atoms with E-state index in [0.717, 1.165) is 28.6 Å². The summed E-state index contributed by atoms with van der Waals surface area (Å²) in [6.45, 7) is 7.16. The van der Waals surface area contributed by atoms with Crippen molar-refractivity contribution in [3.63, 3.8) is 0 Å². The van der Waals surface area contributed by atoms with Crippen molar-refractivity contribution in [2.75, 3.05) is 0 Å². The fourth-order valence-electron chi connectivity index (χ4n) is 5.45. The van der Waals surface area contributed by atoms with Gasteiger partial charge in [0, 0.05) is 17.6 Å². The summed E-state index contributed by atoms with van der Waals surface area (Å²) in [5, 5.41) is 6.01. The Morgan fingerprint density at radius 2 is 2.06 bits per heavy atom. The van der Waals surface area contributed by atoms with Crippen LogP contribution in [0.15, 0.2) is 41.8 Å². The van der Waals surface area contributed by atoms with Gasteiger partial charge in [0.05, 0.1) is 16.8 Å². The van der Waals surface area contributed by atoms with Gasteiger partial charge in [-0.2, -0.15) is 0 Å². The highest BCUT2D eigenvalue weighted by Gasteiger charge is 2.48. The molecule has 1 aliphatic carbocycles. The highest BCUT2D eigenvalue weighted by molar-refractivity contribution is 7.17. The molecule has 4 atom stereocenters. The van der Waals surface area contributed by atoms with E-state index in [-0.39, 0.29) is 17.9 Å². The van der Waals surface area contributed by atoms with E-state index in [2.05, 4.69) is 19.2 Å². The first-order valence-corrected chi connectivity index (χ1v) is 13.0. The molecule has 1 saturated carbocycles.